The highest BCUT2D eigenvalue weighted by atomic mass is 16.5. The standard InChI is InChI=1S/C17H22N2O6/c1-3-4-9-24-13-7-5-12(10-14(13)23-2)6-8-16(21)25-11-15(20)19-17(18)22/h5-8,10H,3-4,9,11H2,1-2H3,(H3,18,19,20,22)/b8-6+. The Morgan fingerprint density at radius 3 is 2.64 bits per heavy atom. The van der Waals surface area contributed by atoms with Crippen molar-refractivity contribution in [2.75, 3.05) is 20.3 Å². The summed E-state index contributed by atoms with van der Waals surface area (Å²) in [5.74, 6) is -0.363. The third-order valence-electron chi connectivity index (χ3n) is 2.96. The van der Waals surface area contributed by atoms with Crippen molar-refractivity contribution in [1.29, 1.82) is 0 Å². The molecule has 0 radical (unpaired) electrons. The number of nitrogens with one attached hydrogen (secondary N) is 1. The molecule has 25 heavy (non-hydrogen) atoms. The molecule has 0 aliphatic rings. The normalized spacial score (nSPS) is 10.3. The molecule has 1 aromatic rings. The summed E-state index contributed by atoms with van der Waals surface area (Å²) in [4.78, 5) is 33.1. The van der Waals surface area contributed by atoms with Gasteiger partial charge in [-0.2, -0.15) is 0 Å². The minimum Gasteiger partial charge on any atom is -0.493 e. The van der Waals surface area contributed by atoms with Crippen molar-refractivity contribution in [1.82, 2.24) is 5.32 Å². The average molecular weight is 350 g/mol. The first-order valence-electron chi connectivity index (χ1n) is 7.71. The van der Waals surface area contributed by atoms with E-state index in [9.17, 15) is 14.4 Å². The molecular formula is C17H22N2O6. The van der Waals surface area contributed by atoms with Crippen LogP contribution in [0.3, 0.4) is 0 Å². The largest absolute Gasteiger partial charge is 0.493 e. The Morgan fingerprint density at radius 1 is 1.24 bits per heavy atom. The molecule has 1 aromatic carbocycles. The minimum absolute atomic E-state index is 0.549. The number of hydrogen-bond acceptors (Lipinski definition) is 6. The molecule has 0 saturated carbocycles. The van der Waals surface area contributed by atoms with E-state index < -0.39 is 24.5 Å². The lowest BCUT2D eigenvalue weighted by molar-refractivity contribution is -0.143. The summed E-state index contributed by atoms with van der Waals surface area (Å²) >= 11 is 0. The monoisotopic (exact) mass is 350 g/mol. The number of amides is 3. The van der Waals surface area contributed by atoms with Crippen molar-refractivity contribution >= 4 is 24.0 Å². The van der Waals surface area contributed by atoms with Crippen molar-refractivity contribution in [2.45, 2.75) is 19.8 Å². The molecule has 8 nitrogen and oxygen atoms in total. The van der Waals surface area contributed by atoms with Crippen molar-refractivity contribution in [3.8, 4) is 11.5 Å². The first-order chi connectivity index (χ1) is 12.0. The Morgan fingerprint density at radius 2 is 2.00 bits per heavy atom. The Balaban J connectivity index is 2.60. The van der Waals surface area contributed by atoms with Gasteiger partial charge in [0.2, 0.25) is 0 Å². The fraction of sp³-hybridized carbons (Fsp3) is 0.353. The van der Waals surface area contributed by atoms with Gasteiger partial charge in [0.15, 0.2) is 18.1 Å². The molecule has 0 aliphatic heterocycles. The van der Waals surface area contributed by atoms with Gasteiger partial charge in [-0.1, -0.05) is 19.4 Å². The van der Waals surface area contributed by atoms with E-state index in [1.54, 1.807) is 23.5 Å². The Bertz CT molecular complexity index is 642. The maximum Gasteiger partial charge on any atom is 0.331 e. The molecule has 136 valence electrons. The Kier molecular flexibility index (Phi) is 8.56. The molecule has 0 saturated heterocycles. The van der Waals surface area contributed by atoms with Crippen LogP contribution in [-0.2, 0) is 14.3 Å². The van der Waals surface area contributed by atoms with Crippen molar-refractivity contribution in [3.05, 3.63) is 29.8 Å². The highest BCUT2D eigenvalue weighted by Crippen LogP contribution is 2.28. The zero-order valence-electron chi connectivity index (χ0n) is 14.2. The van der Waals surface area contributed by atoms with E-state index in [0.29, 0.717) is 23.7 Å². The second-order valence-corrected chi connectivity index (χ2v) is 4.97. The lowest BCUT2D eigenvalue weighted by atomic mass is 10.2. The van der Waals surface area contributed by atoms with E-state index in [2.05, 4.69) is 11.7 Å². The molecule has 3 amide bonds. The van der Waals surface area contributed by atoms with E-state index in [1.165, 1.54) is 13.2 Å². The highest BCUT2D eigenvalue weighted by Gasteiger charge is 2.08. The van der Waals surface area contributed by atoms with Gasteiger partial charge in [-0.15, -0.1) is 0 Å². The number of ether oxygens (including phenoxy) is 3. The smallest absolute Gasteiger partial charge is 0.331 e. The number of imide groups is 1. The first kappa shape index (κ1) is 20.0. The first-order valence-corrected chi connectivity index (χ1v) is 7.71. The second kappa shape index (κ2) is 10.7. The number of benzene rings is 1. The number of hydrogen-bond donors (Lipinski definition) is 2. The Hall–Kier alpha value is -3.03. The second-order valence-electron chi connectivity index (χ2n) is 4.97. The number of esters is 1. The molecule has 0 spiro atoms. The maximum absolute atomic E-state index is 11.5. The van der Waals surface area contributed by atoms with Gasteiger partial charge < -0.3 is 19.9 Å². The van der Waals surface area contributed by atoms with Crippen LogP contribution in [0.2, 0.25) is 0 Å². The quantitative estimate of drug-likeness (QED) is 0.397. The number of rotatable bonds is 9. The number of carbonyl (C=O) groups is 3. The predicted molar refractivity (Wildman–Crippen MR) is 91.1 cm³/mol. The average Bonchev–Trinajstić information content (AvgIpc) is 2.58. The molecule has 3 N–H and O–H groups in total. The number of urea groups is 1. The SMILES string of the molecule is CCCCOc1ccc(/C=C/C(=O)OCC(=O)NC(N)=O)cc1OC. The zero-order valence-corrected chi connectivity index (χ0v) is 14.2. The number of methoxy groups -OCH3 is 1. The summed E-state index contributed by atoms with van der Waals surface area (Å²) in [6.45, 7) is 2.08. The third kappa shape index (κ3) is 7.87. The minimum atomic E-state index is -1.01. The van der Waals surface area contributed by atoms with E-state index >= 15 is 0 Å². The van der Waals surface area contributed by atoms with Crippen LogP contribution in [0.5, 0.6) is 11.5 Å². The molecule has 0 atom stereocenters. The van der Waals surface area contributed by atoms with Gasteiger partial charge >= 0.3 is 12.0 Å². The molecule has 0 aromatic heterocycles. The van der Waals surface area contributed by atoms with Crippen molar-refractivity contribution in [3.63, 3.8) is 0 Å². The van der Waals surface area contributed by atoms with Gasteiger partial charge in [-0.3, -0.25) is 10.1 Å². The lowest BCUT2D eigenvalue weighted by Gasteiger charge is -2.10. The van der Waals surface area contributed by atoms with Crippen molar-refractivity contribution in [2.24, 2.45) is 5.73 Å². The van der Waals surface area contributed by atoms with E-state index in [4.69, 9.17) is 15.2 Å². The summed E-state index contributed by atoms with van der Waals surface area (Å²) in [7, 11) is 1.53. The Labute approximate surface area is 145 Å². The molecule has 0 unspecified atom stereocenters. The van der Waals surface area contributed by atoms with Crippen LogP contribution in [0.15, 0.2) is 24.3 Å². The van der Waals surface area contributed by atoms with Gasteiger partial charge in [-0.05, 0) is 30.2 Å². The summed E-state index contributed by atoms with van der Waals surface area (Å²) in [5.41, 5.74) is 5.46. The van der Waals surface area contributed by atoms with E-state index in [0.717, 1.165) is 18.9 Å². The summed E-state index contributed by atoms with van der Waals surface area (Å²) in [5, 5.41) is 1.78. The van der Waals surface area contributed by atoms with E-state index in [1.807, 2.05) is 0 Å². The van der Waals surface area contributed by atoms with Gasteiger partial charge in [0.25, 0.3) is 5.91 Å². The van der Waals surface area contributed by atoms with Gasteiger partial charge in [-0.25, -0.2) is 9.59 Å². The maximum atomic E-state index is 11.5. The van der Waals surface area contributed by atoms with Gasteiger partial charge in [0.05, 0.1) is 13.7 Å². The van der Waals surface area contributed by atoms with Crippen LogP contribution in [0.4, 0.5) is 4.79 Å². The molecule has 1 rings (SSSR count). The number of primary amides is 1. The number of unbranched alkanes of at least 4 members (excludes halogenated alkanes) is 1. The zero-order chi connectivity index (χ0) is 18.7. The summed E-state index contributed by atoms with van der Waals surface area (Å²) in [6.07, 6.45) is 4.64. The molecule has 0 fully saturated rings. The van der Waals surface area contributed by atoms with E-state index in [-0.39, 0.29) is 0 Å². The van der Waals surface area contributed by atoms with Crippen LogP contribution >= 0.6 is 0 Å². The van der Waals surface area contributed by atoms with Crippen LogP contribution in [0.25, 0.3) is 6.08 Å². The third-order valence-corrected chi connectivity index (χ3v) is 2.96. The van der Waals surface area contributed by atoms with Crippen LogP contribution in [-0.4, -0.2) is 38.2 Å². The molecule has 0 aliphatic carbocycles. The summed E-state index contributed by atoms with van der Waals surface area (Å²) < 4.78 is 15.6. The molecule has 0 heterocycles. The molecule has 8 heteroatoms. The van der Waals surface area contributed by atoms with Crippen LogP contribution in [0, 0.1) is 0 Å². The van der Waals surface area contributed by atoms with Crippen LogP contribution in [0.1, 0.15) is 25.3 Å². The van der Waals surface area contributed by atoms with Gasteiger partial charge in [0, 0.05) is 6.08 Å². The molecular weight excluding hydrogens is 328 g/mol. The fourth-order valence-electron chi connectivity index (χ4n) is 1.76. The number of nitrogens with two attached hydrogens (primary N) is 1. The number of carbonyl (C=O) groups excluding carboxylic acids is 3. The van der Waals surface area contributed by atoms with Crippen molar-refractivity contribution < 1.29 is 28.6 Å². The van der Waals surface area contributed by atoms with Crippen LogP contribution < -0.4 is 20.5 Å². The fourth-order valence-corrected chi connectivity index (χ4v) is 1.76. The summed E-state index contributed by atoms with van der Waals surface area (Å²) in [6, 6.07) is 4.21. The highest BCUT2D eigenvalue weighted by molar-refractivity contribution is 5.95. The topological polar surface area (TPSA) is 117 Å². The molecule has 0 bridgehead atoms. The predicted octanol–water partition coefficient (Wildman–Crippen LogP) is 1.63. The van der Waals surface area contributed by atoms with Gasteiger partial charge in [0.1, 0.15) is 0 Å². The lowest BCUT2D eigenvalue weighted by Crippen LogP contribution is -2.37.